The van der Waals surface area contributed by atoms with Crippen molar-refractivity contribution in [1.29, 1.82) is 0 Å². The van der Waals surface area contributed by atoms with Gasteiger partial charge in [-0.25, -0.2) is 0 Å². The van der Waals surface area contributed by atoms with E-state index in [9.17, 15) is 0 Å². The summed E-state index contributed by atoms with van der Waals surface area (Å²) in [5.74, 6) is 0.726. The molecule has 0 aliphatic rings. The molecule has 0 bridgehead atoms. The van der Waals surface area contributed by atoms with Crippen LogP contribution >= 0.6 is 0 Å². The zero-order valence-corrected chi connectivity index (χ0v) is 9.95. The summed E-state index contributed by atoms with van der Waals surface area (Å²) >= 11 is 0. The number of hydrogen-bond donors (Lipinski definition) is 2. The van der Waals surface area contributed by atoms with Gasteiger partial charge in [0.25, 0.3) is 0 Å². The molecule has 0 fully saturated rings. The van der Waals surface area contributed by atoms with Crippen LogP contribution in [0.25, 0.3) is 0 Å². The van der Waals surface area contributed by atoms with Crippen LogP contribution in [0, 0.1) is 0 Å². The number of anilines is 2. The highest BCUT2D eigenvalue weighted by molar-refractivity contribution is 5.61. The van der Waals surface area contributed by atoms with Crippen LogP contribution in [0.15, 0.2) is 18.2 Å². The first-order chi connectivity index (χ1) is 7.77. The van der Waals surface area contributed by atoms with Crippen molar-refractivity contribution in [3.63, 3.8) is 0 Å². The number of nitrogens with one attached hydrogen (secondary N) is 1. The van der Waals surface area contributed by atoms with Crippen LogP contribution in [-0.4, -0.2) is 26.4 Å². The molecule has 0 aliphatic carbocycles. The molecule has 0 unspecified atom stereocenters. The lowest BCUT2D eigenvalue weighted by Gasteiger charge is -2.11. The van der Waals surface area contributed by atoms with Crippen molar-refractivity contribution in [2.24, 2.45) is 0 Å². The van der Waals surface area contributed by atoms with Gasteiger partial charge in [-0.3, -0.25) is 0 Å². The van der Waals surface area contributed by atoms with E-state index in [4.69, 9.17) is 15.2 Å². The van der Waals surface area contributed by atoms with Crippen molar-refractivity contribution >= 4 is 11.4 Å². The average molecular weight is 224 g/mol. The van der Waals surface area contributed by atoms with E-state index in [1.54, 1.807) is 0 Å². The molecule has 1 aromatic carbocycles. The van der Waals surface area contributed by atoms with E-state index >= 15 is 0 Å². The number of nitrogen functional groups attached to an aromatic ring is 1. The first kappa shape index (κ1) is 12.6. The van der Waals surface area contributed by atoms with Crippen LogP contribution in [0.3, 0.4) is 0 Å². The Morgan fingerprint density at radius 3 is 2.75 bits per heavy atom. The molecule has 4 nitrogen and oxygen atoms in total. The Kier molecular flexibility index (Phi) is 5.50. The van der Waals surface area contributed by atoms with Crippen molar-refractivity contribution in [2.75, 3.05) is 37.4 Å². The maximum absolute atomic E-state index is 5.77. The summed E-state index contributed by atoms with van der Waals surface area (Å²) < 4.78 is 10.6. The average Bonchev–Trinajstić information content (AvgIpc) is 2.29. The van der Waals surface area contributed by atoms with Crippen molar-refractivity contribution in [1.82, 2.24) is 0 Å². The van der Waals surface area contributed by atoms with Gasteiger partial charge in [0, 0.05) is 24.9 Å². The fourth-order valence-electron chi connectivity index (χ4n) is 1.34. The molecule has 0 aliphatic heterocycles. The Bertz CT molecular complexity index is 316. The molecule has 0 radical (unpaired) electrons. The topological polar surface area (TPSA) is 56.5 Å². The minimum absolute atomic E-state index is 0.618. The summed E-state index contributed by atoms with van der Waals surface area (Å²) in [6.07, 6.45) is 0. The quantitative estimate of drug-likeness (QED) is 0.550. The van der Waals surface area contributed by atoms with E-state index < -0.39 is 0 Å². The van der Waals surface area contributed by atoms with Gasteiger partial charge in [0.2, 0.25) is 0 Å². The Balaban J connectivity index is 2.50. The van der Waals surface area contributed by atoms with Crippen molar-refractivity contribution in [3.8, 4) is 5.75 Å². The Labute approximate surface area is 96.7 Å². The minimum Gasteiger partial charge on any atom is -0.492 e. The van der Waals surface area contributed by atoms with Crippen LogP contribution in [0.1, 0.15) is 13.8 Å². The van der Waals surface area contributed by atoms with E-state index in [0.29, 0.717) is 18.9 Å². The second kappa shape index (κ2) is 6.95. The second-order valence-electron chi connectivity index (χ2n) is 3.31. The Morgan fingerprint density at radius 1 is 1.25 bits per heavy atom. The Hall–Kier alpha value is -1.42. The molecule has 0 atom stereocenters. The smallest absolute Gasteiger partial charge is 0.144 e. The van der Waals surface area contributed by atoms with Gasteiger partial charge < -0.3 is 20.5 Å². The van der Waals surface area contributed by atoms with Gasteiger partial charge in [0.05, 0.1) is 18.9 Å². The number of hydrogen-bond acceptors (Lipinski definition) is 4. The van der Waals surface area contributed by atoms with Gasteiger partial charge in [-0.05, 0) is 26.0 Å². The second-order valence-corrected chi connectivity index (χ2v) is 3.31. The Morgan fingerprint density at radius 2 is 2.06 bits per heavy atom. The third kappa shape index (κ3) is 3.98. The van der Waals surface area contributed by atoms with E-state index in [1.165, 1.54) is 0 Å². The van der Waals surface area contributed by atoms with Gasteiger partial charge in [-0.15, -0.1) is 0 Å². The molecule has 4 heteroatoms. The van der Waals surface area contributed by atoms with Gasteiger partial charge >= 0.3 is 0 Å². The molecule has 16 heavy (non-hydrogen) atoms. The molecule has 90 valence electrons. The summed E-state index contributed by atoms with van der Waals surface area (Å²) in [5, 5.41) is 3.24. The van der Waals surface area contributed by atoms with Gasteiger partial charge in [-0.2, -0.15) is 0 Å². The van der Waals surface area contributed by atoms with Crippen molar-refractivity contribution in [3.05, 3.63) is 18.2 Å². The zero-order chi connectivity index (χ0) is 11.8. The molecule has 3 N–H and O–H groups in total. The van der Waals surface area contributed by atoms with Crippen molar-refractivity contribution < 1.29 is 9.47 Å². The number of rotatable bonds is 7. The minimum atomic E-state index is 0.618. The van der Waals surface area contributed by atoms with E-state index in [-0.39, 0.29) is 0 Å². The summed E-state index contributed by atoms with van der Waals surface area (Å²) in [6.45, 7) is 6.76. The van der Waals surface area contributed by atoms with Crippen LogP contribution in [0.4, 0.5) is 11.4 Å². The van der Waals surface area contributed by atoms with Crippen molar-refractivity contribution in [2.45, 2.75) is 13.8 Å². The van der Waals surface area contributed by atoms with Gasteiger partial charge in [-0.1, -0.05) is 0 Å². The monoisotopic (exact) mass is 224 g/mol. The molecular formula is C12H20N2O2. The fraction of sp³-hybridized carbons (Fsp3) is 0.500. The largest absolute Gasteiger partial charge is 0.492 e. The third-order valence-corrected chi connectivity index (χ3v) is 2.09. The maximum Gasteiger partial charge on any atom is 0.144 e. The zero-order valence-electron chi connectivity index (χ0n) is 9.95. The summed E-state index contributed by atoms with van der Waals surface area (Å²) in [4.78, 5) is 0. The van der Waals surface area contributed by atoms with Crippen LogP contribution in [0.2, 0.25) is 0 Å². The molecule has 0 saturated heterocycles. The summed E-state index contributed by atoms with van der Waals surface area (Å²) in [6, 6.07) is 5.68. The molecule has 0 spiro atoms. The summed E-state index contributed by atoms with van der Waals surface area (Å²) in [5.41, 5.74) is 7.44. The summed E-state index contributed by atoms with van der Waals surface area (Å²) in [7, 11) is 0. The molecular weight excluding hydrogens is 204 g/mol. The fourth-order valence-corrected chi connectivity index (χ4v) is 1.34. The highest BCUT2D eigenvalue weighted by atomic mass is 16.5. The third-order valence-electron chi connectivity index (χ3n) is 2.09. The van der Waals surface area contributed by atoms with E-state index in [2.05, 4.69) is 5.32 Å². The molecule has 0 heterocycles. The first-order valence-corrected chi connectivity index (χ1v) is 5.61. The number of benzene rings is 1. The molecule has 0 amide bonds. The molecule has 0 saturated carbocycles. The van der Waals surface area contributed by atoms with Crippen LogP contribution in [-0.2, 0) is 4.74 Å². The van der Waals surface area contributed by atoms with E-state index in [0.717, 1.165) is 24.6 Å². The predicted octanol–water partition coefficient (Wildman–Crippen LogP) is 2.12. The van der Waals surface area contributed by atoms with Crippen LogP contribution < -0.4 is 15.8 Å². The lowest BCUT2D eigenvalue weighted by molar-refractivity contribution is 0.158. The molecule has 1 aromatic rings. The molecule has 1 rings (SSSR count). The van der Waals surface area contributed by atoms with Crippen LogP contribution in [0.5, 0.6) is 5.75 Å². The standard InChI is InChI=1S/C12H20N2O2/c1-3-15-8-7-14-10-5-6-11(13)12(9-10)16-4-2/h5-6,9,14H,3-4,7-8,13H2,1-2H3. The highest BCUT2D eigenvalue weighted by Crippen LogP contribution is 2.25. The van der Waals surface area contributed by atoms with Gasteiger partial charge in [0.15, 0.2) is 0 Å². The first-order valence-electron chi connectivity index (χ1n) is 5.61. The highest BCUT2D eigenvalue weighted by Gasteiger charge is 2.01. The predicted molar refractivity (Wildman–Crippen MR) is 67.0 cm³/mol. The number of nitrogens with two attached hydrogens (primary N) is 1. The van der Waals surface area contributed by atoms with E-state index in [1.807, 2.05) is 32.0 Å². The number of ether oxygens (including phenoxy) is 2. The van der Waals surface area contributed by atoms with Gasteiger partial charge in [0.1, 0.15) is 5.75 Å². The lowest BCUT2D eigenvalue weighted by Crippen LogP contribution is -2.09. The lowest BCUT2D eigenvalue weighted by atomic mass is 10.2. The normalized spacial score (nSPS) is 10.1. The molecule has 0 aromatic heterocycles. The maximum atomic E-state index is 5.77. The SMILES string of the molecule is CCOCCNc1ccc(N)c(OCC)c1.